The van der Waals surface area contributed by atoms with Gasteiger partial charge in [0.25, 0.3) is 0 Å². The van der Waals surface area contributed by atoms with Gasteiger partial charge in [0.05, 0.1) is 5.75 Å². The number of hydrogen-bond donors (Lipinski definition) is 1. The number of rotatable bonds is 5. The quantitative estimate of drug-likeness (QED) is 0.862. The summed E-state index contributed by atoms with van der Waals surface area (Å²) in [6, 6.07) is 2.02. The van der Waals surface area contributed by atoms with E-state index in [0.29, 0.717) is 25.9 Å². The van der Waals surface area contributed by atoms with E-state index < -0.39 is 10.0 Å². The number of hydrogen-bond acceptors (Lipinski definition) is 4. The van der Waals surface area contributed by atoms with Gasteiger partial charge in [0.15, 0.2) is 0 Å². The van der Waals surface area contributed by atoms with Crippen molar-refractivity contribution in [3.63, 3.8) is 0 Å². The molecule has 1 aromatic heterocycles. The van der Waals surface area contributed by atoms with Crippen LogP contribution in [0.1, 0.15) is 24.5 Å². The number of carbonyl (C=O) groups is 1. The third-order valence-electron chi connectivity index (χ3n) is 4.13. The molecule has 122 valence electrons. The SMILES string of the molecule is Cc1cncc(CCC(=O)N2C[C@@H](CS(N)(=O)=O)[C@H](C)C2)c1. The Bertz CT molecular complexity index is 645. The van der Waals surface area contributed by atoms with Crippen molar-refractivity contribution in [1.29, 1.82) is 0 Å². The molecule has 0 bridgehead atoms. The van der Waals surface area contributed by atoms with Crippen LogP contribution in [-0.4, -0.2) is 43.1 Å². The highest BCUT2D eigenvalue weighted by molar-refractivity contribution is 7.89. The van der Waals surface area contributed by atoms with E-state index in [9.17, 15) is 13.2 Å². The van der Waals surface area contributed by atoms with Gasteiger partial charge in [-0.3, -0.25) is 9.78 Å². The molecule has 2 atom stereocenters. The number of likely N-dealkylation sites (tertiary alicyclic amines) is 1. The van der Waals surface area contributed by atoms with Gasteiger partial charge < -0.3 is 4.90 Å². The summed E-state index contributed by atoms with van der Waals surface area (Å²) in [4.78, 5) is 18.2. The summed E-state index contributed by atoms with van der Waals surface area (Å²) < 4.78 is 22.4. The molecule has 6 nitrogen and oxygen atoms in total. The molecule has 1 aliphatic heterocycles. The first kappa shape index (κ1) is 16.9. The highest BCUT2D eigenvalue weighted by atomic mass is 32.2. The number of sulfonamides is 1. The largest absolute Gasteiger partial charge is 0.342 e. The maximum absolute atomic E-state index is 12.3. The van der Waals surface area contributed by atoms with Crippen molar-refractivity contribution in [2.24, 2.45) is 17.0 Å². The third-order valence-corrected chi connectivity index (χ3v) is 5.02. The van der Waals surface area contributed by atoms with E-state index in [1.54, 1.807) is 17.3 Å². The van der Waals surface area contributed by atoms with E-state index in [1.807, 2.05) is 19.9 Å². The maximum Gasteiger partial charge on any atom is 0.222 e. The molecular weight excluding hydrogens is 302 g/mol. The topological polar surface area (TPSA) is 93.4 Å². The molecule has 1 amide bonds. The van der Waals surface area contributed by atoms with Crippen LogP contribution < -0.4 is 5.14 Å². The second-order valence-electron chi connectivity index (χ2n) is 6.24. The Labute approximate surface area is 131 Å². The molecule has 0 radical (unpaired) electrons. The van der Waals surface area contributed by atoms with Crippen molar-refractivity contribution >= 4 is 15.9 Å². The van der Waals surface area contributed by atoms with E-state index in [0.717, 1.165) is 11.1 Å². The van der Waals surface area contributed by atoms with Crippen molar-refractivity contribution in [3.05, 3.63) is 29.6 Å². The number of aromatic nitrogens is 1. The summed E-state index contributed by atoms with van der Waals surface area (Å²) >= 11 is 0. The molecule has 1 fully saturated rings. The lowest BCUT2D eigenvalue weighted by Gasteiger charge is -2.16. The van der Waals surface area contributed by atoms with Gasteiger partial charge in [-0.25, -0.2) is 13.6 Å². The van der Waals surface area contributed by atoms with Gasteiger partial charge in [0, 0.05) is 31.9 Å². The highest BCUT2D eigenvalue weighted by Crippen LogP contribution is 2.24. The van der Waals surface area contributed by atoms with Crippen molar-refractivity contribution in [3.8, 4) is 0 Å². The molecule has 0 aliphatic carbocycles. The number of nitrogens with two attached hydrogens (primary N) is 1. The first-order valence-electron chi connectivity index (χ1n) is 7.43. The predicted octanol–water partition coefficient (Wildman–Crippen LogP) is 0.706. The Kier molecular flexibility index (Phi) is 5.18. The molecule has 0 aromatic carbocycles. The van der Waals surface area contributed by atoms with Crippen LogP contribution in [0.15, 0.2) is 18.5 Å². The smallest absolute Gasteiger partial charge is 0.222 e. The first-order chi connectivity index (χ1) is 10.2. The Balaban J connectivity index is 1.88. The number of carbonyl (C=O) groups excluding carboxylic acids is 1. The first-order valence-corrected chi connectivity index (χ1v) is 9.15. The lowest BCUT2D eigenvalue weighted by Crippen LogP contribution is -2.31. The van der Waals surface area contributed by atoms with Gasteiger partial charge in [-0.2, -0.15) is 0 Å². The minimum atomic E-state index is -3.50. The zero-order chi connectivity index (χ0) is 16.3. The average Bonchev–Trinajstić information content (AvgIpc) is 2.75. The van der Waals surface area contributed by atoms with Gasteiger partial charge in [-0.05, 0) is 36.3 Å². The normalized spacial score (nSPS) is 22.0. The summed E-state index contributed by atoms with van der Waals surface area (Å²) in [6.45, 7) is 5.01. The zero-order valence-electron chi connectivity index (χ0n) is 13.0. The van der Waals surface area contributed by atoms with Crippen molar-refractivity contribution in [2.45, 2.75) is 26.7 Å². The molecule has 7 heteroatoms. The van der Waals surface area contributed by atoms with Gasteiger partial charge in [0.1, 0.15) is 0 Å². The molecule has 1 aliphatic rings. The van der Waals surface area contributed by atoms with E-state index >= 15 is 0 Å². The fourth-order valence-corrected chi connectivity index (χ4v) is 3.95. The monoisotopic (exact) mass is 325 g/mol. The molecule has 1 saturated heterocycles. The molecule has 22 heavy (non-hydrogen) atoms. The van der Waals surface area contributed by atoms with Crippen molar-refractivity contribution in [1.82, 2.24) is 9.88 Å². The second-order valence-corrected chi connectivity index (χ2v) is 7.90. The van der Waals surface area contributed by atoms with E-state index in [-0.39, 0.29) is 23.5 Å². The van der Waals surface area contributed by atoms with Gasteiger partial charge >= 0.3 is 0 Å². The van der Waals surface area contributed by atoms with Gasteiger partial charge in [-0.1, -0.05) is 13.0 Å². The maximum atomic E-state index is 12.3. The molecule has 2 rings (SSSR count). The van der Waals surface area contributed by atoms with Crippen LogP contribution in [0.2, 0.25) is 0 Å². The van der Waals surface area contributed by atoms with Crippen LogP contribution in [0.3, 0.4) is 0 Å². The van der Waals surface area contributed by atoms with Crippen LogP contribution in [-0.2, 0) is 21.2 Å². The number of aryl methyl sites for hydroxylation is 2. The Morgan fingerprint density at radius 1 is 1.41 bits per heavy atom. The van der Waals surface area contributed by atoms with Gasteiger partial charge in [-0.15, -0.1) is 0 Å². The fraction of sp³-hybridized carbons (Fsp3) is 0.600. The fourth-order valence-electron chi connectivity index (χ4n) is 2.92. The number of nitrogens with zero attached hydrogens (tertiary/aromatic N) is 2. The summed E-state index contributed by atoms with van der Waals surface area (Å²) in [5.74, 6) is 0.0903. The molecule has 0 saturated carbocycles. The van der Waals surface area contributed by atoms with Crippen LogP contribution >= 0.6 is 0 Å². The van der Waals surface area contributed by atoms with Crippen LogP contribution in [0.5, 0.6) is 0 Å². The highest BCUT2D eigenvalue weighted by Gasteiger charge is 2.34. The minimum absolute atomic E-state index is 0.0558. The predicted molar refractivity (Wildman–Crippen MR) is 84.5 cm³/mol. The molecule has 0 spiro atoms. The summed E-state index contributed by atoms with van der Waals surface area (Å²) in [5.41, 5.74) is 2.12. The zero-order valence-corrected chi connectivity index (χ0v) is 13.8. The van der Waals surface area contributed by atoms with Gasteiger partial charge in [0.2, 0.25) is 15.9 Å². The summed E-state index contributed by atoms with van der Waals surface area (Å²) in [6.07, 6.45) is 4.63. The third kappa shape index (κ3) is 4.78. The van der Waals surface area contributed by atoms with E-state index in [1.165, 1.54) is 0 Å². The average molecular weight is 325 g/mol. The number of amides is 1. The summed E-state index contributed by atoms with van der Waals surface area (Å²) in [7, 11) is -3.50. The Morgan fingerprint density at radius 3 is 2.77 bits per heavy atom. The Morgan fingerprint density at radius 2 is 2.14 bits per heavy atom. The van der Waals surface area contributed by atoms with E-state index in [2.05, 4.69) is 4.98 Å². The van der Waals surface area contributed by atoms with Crippen LogP contribution in [0.4, 0.5) is 0 Å². The molecule has 0 unspecified atom stereocenters. The van der Waals surface area contributed by atoms with E-state index in [4.69, 9.17) is 5.14 Å². The van der Waals surface area contributed by atoms with Crippen molar-refractivity contribution in [2.75, 3.05) is 18.8 Å². The minimum Gasteiger partial charge on any atom is -0.342 e. The van der Waals surface area contributed by atoms with Crippen molar-refractivity contribution < 1.29 is 13.2 Å². The van der Waals surface area contributed by atoms with Crippen LogP contribution in [0.25, 0.3) is 0 Å². The standard InChI is InChI=1S/C15H23N3O3S/c1-11-5-13(7-17-6-11)3-4-15(19)18-8-12(2)14(9-18)10-22(16,20)21/h5-7,12,14H,3-4,8-10H2,1-2H3,(H2,16,20,21)/t12-,14+/m1/s1. The molecule has 2 heterocycles. The lowest BCUT2D eigenvalue weighted by atomic mass is 10.0. The Hall–Kier alpha value is -1.47. The molecule has 2 N–H and O–H groups in total. The number of primary sulfonamides is 1. The van der Waals surface area contributed by atoms with Crippen LogP contribution in [0, 0.1) is 18.8 Å². The molecular formula is C15H23N3O3S. The molecule has 1 aromatic rings. The summed E-state index contributed by atoms with van der Waals surface area (Å²) in [5, 5.41) is 5.11. The lowest BCUT2D eigenvalue weighted by molar-refractivity contribution is -0.130. The second kappa shape index (κ2) is 6.75. The number of pyridine rings is 1.